The zero-order valence-electron chi connectivity index (χ0n) is 26.9. The molecule has 47 heavy (non-hydrogen) atoms. The maximum absolute atomic E-state index is 14.7. The van der Waals surface area contributed by atoms with E-state index in [1.165, 1.54) is 25.9 Å². The van der Waals surface area contributed by atoms with Gasteiger partial charge in [-0.15, -0.1) is 10.2 Å². The third-order valence-electron chi connectivity index (χ3n) is 8.18. The number of anilines is 1. The van der Waals surface area contributed by atoms with Crippen molar-refractivity contribution in [3.63, 3.8) is 0 Å². The molecule has 1 aliphatic heterocycles. The molecular weight excluding hydrogens is 670 g/mol. The highest BCUT2D eigenvalue weighted by molar-refractivity contribution is 7.94. The molecule has 1 fully saturated rings. The lowest BCUT2D eigenvalue weighted by atomic mass is 10.0. The third kappa shape index (κ3) is 6.19. The number of rotatable bonds is 10. The molecular formula is C30H36FN5O8S2Si. The highest BCUT2D eigenvalue weighted by atomic mass is 32.2. The van der Waals surface area contributed by atoms with Crippen molar-refractivity contribution in [3.8, 4) is 34.6 Å². The van der Waals surface area contributed by atoms with Crippen LogP contribution >= 0.6 is 0 Å². The lowest BCUT2D eigenvalue weighted by Crippen LogP contribution is -2.40. The fourth-order valence-corrected chi connectivity index (χ4v) is 12.5. The second kappa shape index (κ2) is 12.5. The van der Waals surface area contributed by atoms with Crippen molar-refractivity contribution in [2.45, 2.75) is 41.4 Å². The van der Waals surface area contributed by atoms with Gasteiger partial charge in [0, 0.05) is 24.4 Å². The van der Waals surface area contributed by atoms with Crippen molar-refractivity contribution in [1.82, 2.24) is 19.7 Å². The van der Waals surface area contributed by atoms with Gasteiger partial charge in [-0.2, -0.15) is 0 Å². The first-order valence-corrected chi connectivity index (χ1v) is 21.4. The lowest BCUT2D eigenvalue weighted by molar-refractivity contribution is 0.167. The number of pyridine rings is 1. The molecule has 0 radical (unpaired) electrons. The Morgan fingerprint density at radius 3 is 2.19 bits per heavy atom. The number of nitrogens with zero attached hydrogens (tertiary/aromatic N) is 5. The zero-order chi connectivity index (χ0) is 34.5. The van der Waals surface area contributed by atoms with E-state index in [1.807, 2.05) is 19.6 Å². The molecule has 1 aliphatic rings. The molecule has 2 aromatic carbocycles. The molecule has 0 saturated carbocycles. The second-order valence-corrected chi connectivity index (χ2v) is 21.6. The Morgan fingerprint density at radius 1 is 0.979 bits per heavy atom. The number of sulfonamides is 1. The summed E-state index contributed by atoms with van der Waals surface area (Å²) < 4.78 is 88.2. The standard InChI is InChI=1S/C30H36FN5O8S2Si/c1-42-21-11-9-12-22(43-2)26(21)36-29(20-10-8-13-25(32-20)44-3)33-34-30(36)35-17-24(47(5,6)7)28(46(35,40)41)27(37)19-15-14-18(31)16-23(19)45(4,38)39/h8-16,24,27-28,37H,17H2,1-7H3/t24?,27-,28-/m1/s1. The van der Waals surface area contributed by atoms with Crippen molar-refractivity contribution < 1.29 is 40.5 Å². The molecule has 5 rings (SSSR count). The van der Waals surface area contributed by atoms with Crippen LogP contribution in [0.1, 0.15) is 11.7 Å². The molecule has 13 nitrogen and oxygen atoms in total. The average molecular weight is 706 g/mol. The maximum atomic E-state index is 14.7. The number of methoxy groups -OCH3 is 3. The minimum Gasteiger partial charge on any atom is -0.494 e. The molecule has 1 saturated heterocycles. The van der Waals surface area contributed by atoms with Gasteiger partial charge in [0.05, 0.1) is 40.4 Å². The van der Waals surface area contributed by atoms with Crippen LogP contribution in [0.3, 0.4) is 0 Å². The Balaban J connectivity index is 1.78. The number of aliphatic hydroxyl groups excluding tert-OH is 1. The van der Waals surface area contributed by atoms with E-state index >= 15 is 0 Å². The number of aliphatic hydroxyl groups is 1. The predicted octanol–water partition coefficient (Wildman–Crippen LogP) is 3.86. The molecule has 3 heterocycles. The quantitative estimate of drug-likeness (QED) is 0.239. The van der Waals surface area contributed by atoms with Crippen molar-refractivity contribution in [3.05, 3.63) is 66.0 Å². The summed E-state index contributed by atoms with van der Waals surface area (Å²) in [4.78, 5) is 4.01. The molecule has 0 amide bonds. The Kier molecular flexibility index (Phi) is 9.13. The summed E-state index contributed by atoms with van der Waals surface area (Å²) in [7, 11) is -6.65. The van der Waals surface area contributed by atoms with Crippen LogP contribution < -0.4 is 18.5 Å². The second-order valence-electron chi connectivity index (χ2n) is 12.1. The van der Waals surface area contributed by atoms with E-state index < -0.39 is 55.5 Å². The minimum atomic E-state index is -4.50. The molecule has 1 unspecified atom stereocenters. The van der Waals surface area contributed by atoms with Crippen LogP contribution in [-0.4, -0.2) is 89.1 Å². The van der Waals surface area contributed by atoms with Crippen LogP contribution in [0.15, 0.2) is 59.5 Å². The zero-order valence-corrected chi connectivity index (χ0v) is 29.5. The molecule has 0 spiro atoms. The summed E-state index contributed by atoms with van der Waals surface area (Å²) >= 11 is 0. The number of halogens is 1. The summed E-state index contributed by atoms with van der Waals surface area (Å²) in [5.41, 5.74) is -0.251. The first kappa shape index (κ1) is 34.3. The molecule has 17 heteroatoms. The number of benzene rings is 2. The first-order valence-electron chi connectivity index (χ1n) is 14.4. The van der Waals surface area contributed by atoms with Crippen LogP contribution in [0.2, 0.25) is 25.2 Å². The normalized spacial score (nSPS) is 18.6. The van der Waals surface area contributed by atoms with Crippen LogP contribution in [0.4, 0.5) is 10.3 Å². The largest absolute Gasteiger partial charge is 0.494 e. The van der Waals surface area contributed by atoms with E-state index in [4.69, 9.17) is 14.2 Å². The minimum absolute atomic E-state index is 0.101. The number of para-hydroxylation sites is 1. The van der Waals surface area contributed by atoms with E-state index in [9.17, 15) is 26.3 Å². The fraction of sp³-hybridized carbons (Fsp3) is 0.367. The van der Waals surface area contributed by atoms with Crippen LogP contribution in [0.5, 0.6) is 17.4 Å². The summed E-state index contributed by atoms with van der Waals surface area (Å²) in [6.07, 6.45) is -0.940. The number of sulfone groups is 1. The number of hydrogen-bond donors (Lipinski definition) is 1. The molecule has 252 valence electrons. The molecule has 3 atom stereocenters. The number of ether oxygens (including phenoxy) is 3. The van der Waals surface area contributed by atoms with E-state index in [1.54, 1.807) is 36.4 Å². The van der Waals surface area contributed by atoms with Crippen LogP contribution in [0.25, 0.3) is 17.2 Å². The van der Waals surface area contributed by atoms with E-state index in [0.29, 0.717) is 22.9 Å². The van der Waals surface area contributed by atoms with Gasteiger partial charge < -0.3 is 19.3 Å². The van der Waals surface area contributed by atoms with Crippen molar-refractivity contribution >= 4 is 33.9 Å². The van der Waals surface area contributed by atoms with Gasteiger partial charge in [-0.05, 0) is 35.9 Å². The number of hydrogen-bond acceptors (Lipinski definition) is 11. The summed E-state index contributed by atoms with van der Waals surface area (Å²) in [5.74, 6) is 0.0808. The lowest BCUT2D eigenvalue weighted by Gasteiger charge is -2.31. The van der Waals surface area contributed by atoms with Gasteiger partial charge in [0.15, 0.2) is 15.7 Å². The Hall–Kier alpha value is -4.06. The monoisotopic (exact) mass is 705 g/mol. The SMILES string of the molecule is COc1cccc(-c2nnc(N3CC([Si](C)(C)C)[C@H]([C@H](O)c4ccc(F)cc4S(C)(=O)=O)S3(=O)=O)n2-c2c(OC)cccc2OC)n1. The van der Waals surface area contributed by atoms with E-state index in [0.717, 1.165) is 28.8 Å². The summed E-state index contributed by atoms with van der Waals surface area (Å²) in [5, 5.41) is 19.0. The molecule has 0 aliphatic carbocycles. The van der Waals surface area contributed by atoms with Gasteiger partial charge in [-0.1, -0.05) is 37.8 Å². The van der Waals surface area contributed by atoms with Crippen molar-refractivity contribution in [1.29, 1.82) is 0 Å². The van der Waals surface area contributed by atoms with Crippen molar-refractivity contribution in [2.24, 2.45) is 0 Å². The summed E-state index contributed by atoms with van der Waals surface area (Å²) in [6.45, 7) is 5.77. The molecule has 0 bridgehead atoms. The van der Waals surface area contributed by atoms with Gasteiger partial charge in [0.2, 0.25) is 21.9 Å². The van der Waals surface area contributed by atoms with Gasteiger partial charge in [-0.3, -0.25) is 4.57 Å². The highest BCUT2D eigenvalue weighted by Gasteiger charge is 2.56. The van der Waals surface area contributed by atoms with Gasteiger partial charge in [-0.25, -0.2) is 30.5 Å². The van der Waals surface area contributed by atoms with Crippen LogP contribution in [0, 0.1) is 5.82 Å². The highest BCUT2D eigenvalue weighted by Crippen LogP contribution is 2.48. The van der Waals surface area contributed by atoms with Gasteiger partial charge in [0.25, 0.3) is 0 Å². The van der Waals surface area contributed by atoms with Gasteiger partial charge in [0.1, 0.15) is 33.9 Å². The topological polar surface area (TPSA) is 163 Å². The fourth-order valence-electron chi connectivity index (χ4n) is 5.85. The average Bonchev–Trinajstić information content (AvgIpc) is 3.57. The van der Waals surface area contributed by atoms with Crippen molar-refractivity contribution in [2.75, 3.05) is 38.4 Å². The third-order valence-corrected chi connectivity index (χ3v) is 14.5. The van der Waals surface area contributed by atoms with E-state index in [2.05, 4.69) is 15.2 Å². The van der Waals surface area contributed by atoms with E-state index in [-0.39, 0.29) is 29.8 Å². The predicted molar refractivity (Wildman–Crippen MR) is 176 cm³/mol. The maximum Gasteiger partial charge on any atom is 0.246 e. The van der Waals surface area contributed by atoms with Gasteiger partial charge >= 0.3 is 0 Å². The molecule has 1 N–H and O–H groups in total. The number of aromatic nitrogens is 4. The molecule has 2 aromatic heterocycles. The smallest absolute Gasteiger partial charge is 0.246 e. The Bertz CT molecular complexity index is 2010. The molecule has 4 aromatic rings. The first-order chi connectivity index (χ1) is 22.0. The Morgan fingerprint density at radius 2 is 1.62 bits per heavy atom. The Labute approximate surface area is 273 Å². The summed E-state index contributed by atoms with van der Waals surface area (Å²) in [6, 6.07) is 12.9. The van der Waals surface area contributed by atoms with Crippen LogP contribution in [-0.2, 0) is 19.9 Å².